The van der Waals surface area contributed by atoms with Gasteiger partial charge in [-0.05, 0) is 55.0 Å². The highest BCUT2D eigenvalue weighted by molar-refractivity contribution is 5.55. The van der Waals surface area contributed by atoms with E-state index in [2.05, 4.69) is 42.9 Å². The maximum Gasteiger partial charge on any atom is 0.159 e. The second-order valence-corrected chi connectivity index (χ2v) is 9.73. The van der Waals surface area contributed by atoms with Crippen molar-refractivity contribution < 1.29 is 4.74 Å². The van der Waals surface area contributed by atoms with Gasteiger partial charge in [0, 0.05) is 18.0 Å². The van der Waals surface area contributed by atoms with Crippen LogP contribution in [0.25, 0.3) is 11.4 Å². The molecule has 2 aromatic rings. The third kappa shape index (κ3) is 12.2. The molecule has 0 aliphatic carbocycles. The van der Waals surface area contributed by atoms with E-state index in [1.54, 1.807) is 0 Å². The van der Waals surface area contributed by atoms with Crippen LogP contribution >= 0.6 is 0 Å². The maximum absolute atomic E-state index is 5.91. The van der Waals surface area contributed by atoms with Gasteiger partial charge in [-0.2, -0.15) is 0 Å². The van der Waals surface area contributed by atoms with Crippen LogP contribution in [0.15, 0.2) is 36.7 Å². The Labute approximate surface area is 203 Å². The van der Waals surface area contributed by atoms with Crippen LogP contribution in [-0.2, 0) is 6.42 Å². The van der Waals surface area contributed by atoms with Gasteiger partial charge in [0.2, 0.25) is 0 Å². The molecule has 0 saturated carbocycles. The molecular formula is C30H48N2O. The van der Waals surface area contributed by atoms with Crippen molar-refractivity contribution in [3.8, 4) is 17.1 Å². The number of aryl methyl sites for hydroxylation is 1. The van der Waals surface area contributed by atoms with Gasteiger partial charge < -0.3 is 4.74 Å². The molecule has 0 N–H and O–H groups in total. The fourth-order valence-corrected chi connectivity index (χ4v) is 4.14. The van der Waals surface area contributed by atoms with E-state index in [9.17, 15) is 0 Å². The van der Waals surface area contributed by atoms with E-state index < -0.39 is 0 Å². The smallest absolute Gasteiger partial charge is 0.159 e. The molecule has 0 bridgehead atoms. The van der Waals surface area contributed by atoms with Gasteiger partial charge in [-0.3, -0.25) is 0 Å². The van der Waals surface area contributed by atoms with E-state index in [0.717, 1.165) is 42.5 Å². The fraction of sp³-hybridized carbons (Fsp3) is 0.667. The van der Waals surface area contributed by atoms with Crippen molar-refractivity contribution in [1.82, 2.24) is 9.97 Å². The zero-order valence-electron chi connectivity index (χ0n) is 21.7. The average molecular weight is 453 g/mol. The summed E-state index contributed by atoms with van der Waals surface area (Å²) in [6.07, 6.45) is 23.6. The van der Waals surface area contributed by atoms with Crippen LogP contribution in [0.2, 0.25) is 0 Å². The largest absolute Gasteiger partial charge is 0.494 e. The highest BCUT2D eigenvalue weighted by Gasteiger charge is 2.04. The van der Waals surface area contributed by atoms with Gasteiger partial charge >= 0.3 is 0 Å². The molecule has 184 valence electrons. The summed E-state index contributed by atoms with van der Waals surface area (Å²) in [6, 6.07) is 8.20. The molecule has 0 amide bonds. The second kappa shape index (κ2) is 17.6. The lowest BCUT2D eigenvalue weighted by atomic mass is 10.0. The summed E-state index contributed by atoms with van der Waals surface area (Å²) < 4.78 is 5.91. The van der Waals surface area contributed by atoms with Crippen molar-refractivity contribution in [3.63, 3.8) is 0 Å². The van der Waals surface area contributed by atoms with E-state index in [1.807, 2.05) is 24.5 Å². The quantitative estimate of drug-likeness (QED) is 0.199. The summed E-state index contributed by atoms with van der Waals surface area (Å²) in [5.41, 5.74) is 2.29. The first-order chi connectivity index (χ1) is 16.2. The average Bonchev–Trinajstić information content (AvgIpc) is 2.85. The van der Waals surface area contributed by atoms with Gasteiger partial charge in [0.25, 0.3) is 0 Å². The summed E-state index contributed by atoms with van der Waals surface area (Å²) in [5, 5.41) is 0. The fourth-order valence-electron chi connectivity index (χ4n) is 4.14. The van der Waals surface area contributed by atoms with Gasteiger partial charge in [-0.15, -0.1) is 0 Å². The molecule has 2 rings (SSSR count). The van der Waals surface area contributed by atoms with Crippen LogP contribution in [0.1, 0.15) is 116 Å². The summed E-state index contributed by atoms with van der Waals surface area (Å²) >= 11 is 0. The monoisotopic (exact) mass is 452 g/mol. The lowest BCUT2D eigenvalue weighted by Crippen LogP contribution is -1.98. The van der Waals surface area contributed by atoms with Gasteiger partial charge in [-0.25, -0.2) is 9.97 Å². The molecule has 0 spiro atoms. The minimum absolute atomic E-state index is 0.794. The Bertz CT molecular complexity index is 711. The maximum atomic E-state index is 5.91. The van der Waals surface area contributed by atoms with E-state index in [4.69, 9.17) is 4.74 Å². The minimum atomic E-state index is 0.794. The zero-order chi connectivity index (χ0) is 23.6. The van der Waals surface area contributed by atoms with Crippen molar-refractivity contribution >= 4 is 0 Å². The lowest BCUT2D eigenvalue weighted by molar-refractivity contribution is 0.302. The molecule has 0 fully saturated rings. The molecule has 1 atom stereocenters. The molecule has 0 aliphatic heterocycles. The highest BCUT2D eigenvalue weighted by Crippen LogP contribution is 2.20. The van der Waals surface area contributed by atoms with Gasteiger partial charge in [-0.1, -0.05) is 97.8 Å². The first-order valence-corrected chi connectivity index (χ1v) is 13.8. The molecule has 1 aromatic carbocycles. The predicted molar refractivity (Wildman–Crippen MR) is 142 cm³/mol. The van der Waals surface area contributed by atoms with Crippen molar-refractivity contribution in [2.24, 2.45) is 5.92 Å². The Morgan fingerprint density at radius 2 is 1.33 bits per heavy atom. The SMILES string of the molecule is CCCCCCCCCCCc1cnc(-c2ccc(OCCCCC[C@@H](C)CC)cc2)nc1. The predicted octanol–water partition coefficient (Wildman–Crippen LogP) is 9.20. The van der Waals surface area contributed by atoms with Crippen LogP contribution in [0.3, 0.4) is 0 Å². The van der Waals surface area contributed by atoms with E-state index in [1.165, 1.54) is 89.0 Å². The number of ether oxygens (including phenoxy) is 1. The van der Waals surface area contributed by atoms with Crippen LogP contribution in [0.5, 0.6) is 5.75 Å². The molecule has 3 heteroatoms. The van der Waals surface area contributed by atoms with Crippen molar-refractivity contribution in [1.29, 1.82) is 0 Å². The van der Waals surface area contributed by atoms with Gasteiger partial charge in [0.15, 0.2) is 5.82 Å². The normalized spacial score (nSPS) is 12.1. The first-order valence-electron chi connectivity index (χ1n) is 13.8. The van der Waals surface area contributed by atoms with Crippen LogP contribution in [-0.4, -0.2) is 16.6 Å². The number of rotatable bonds is 19. The third-order valence-electron chi connectivity index (χ3n) is 6.69. The van der Waals surface area contributed by atoms with Crippen LogP contribution in [0, 0.1) is 5.92 Å². The Hall–Kier alpha value is -1.90. The minimum Gasteiger partial charge on any atom is -0.494 e. The second-order valence-electron chi connectivity index (χ2n) is 9.73. The molecule has 0 aliphatic rings. The Kier molecular flexibility index (Phi) is 14.6. The molecule has 0 saturated heterocycles. The highest BCUT2D eigenvalue weighted by atomic mass is 16.5. The summed E-state index contributed by atoms with van der Waals surface area (Å²) in [7, 11) is 0. The van der Waals surface area contributed by atoms with E-state index >= 15 is 0 Å². The van der Waals surface area contributed by atoms with Crippen molar-refractivity contribution in [3.05, 3.63) is 42.2 Å². The molecule has 33 heavy (non-hydrogen) atoms. The van der Waals surface area contributed by atoms with Crippen molar-refractivity contribution in [2.75, 3.05) is 6.61 Å². The zero-order valence-corrected chi connectivity index (χ0v) is 21.7. The number of aromatic nitrogens is 2. The topological polar surface area (TPSA) is 35.0 Å². The number of nitrogens with zero attached hydrogens (tertiary/aromatic N) is 2. The van der Waals surface area contributed by atoms with Crippen molar-refractivity contribution in [2.45, 2.75) is 117 Å². The molecule has 0 unspecified atom stereocenters. The molecular weight excluding hydrogens is 404 g/mol. The van der Waals surface area contributed by atoms with Gasteiger partial charge in [0.1, 0.15) is 5.75 Å². The summed E-state index contributed by atoms with van der Waals surface area (Å²) in [5.74, 6) is 2.58. The summed E-state index contributed by atoms with van der Waals surface area (Å²) in [6.45, 7) is 7.69. The molecule has 1 heterocycles. The number of hydrogen-bond donors (Lipinski definition) is 0. The Balaban J connectivity index is 1.60. The molecule has 0 radical (unpaired) electrons. The summed E-state index contributed by atoms with van der Waals surface area (Å²) in [4.78, 5) is 9.20. The third-order valence-corrected chi connectivity index (χ3v) is 6.69. The van der Waals surface area contributed by atoms with E-state index in [0.29, 0.717) is 0 Å². The number of hydrogen-bond acceptors (Lipinski definition) is 3. The molecule has 3 nitrogen and oxygen atoms in total. The van der Waals surface area contributed by atoms with Crippen LogP contribution in [0.4, 0.5) is 0 Å². The Morgan fingerprint density at radius 1 is 0.727 bits per heavy atom. The molecule has 1 aromatic heterocycles. The number of unbranched alkanes of at least 4 members (excludes halogenated alkanes) is 10. The number of benzene rings is 1. The standard InChI is InChI=1S/C30H48N2O/c1-4-6-7-8-9-10-11-12-15-18-27-24-31-30(32-25-27)28-19-21-29(22-20-28)33-23-16-13-14-17-26(3)5-2/h19-22,24-26H,4-18,23H2,1-3H3/t26-/m0/s1. The van der Waals surface area contributed by atoms with E-state index in [-0.39, 0.29) is 0 Å². The van der Waals surface area contributed by atoms with Crippen LogP contribution < -0.4 is 4.74 Å². The Morgan fingerprint density at radius 3 is 1.97 bits per heavy atom. The van der Waals surface area contributed by atoms with Gasteiger partial charge in [0.05, 0.1) is 6.61 Å². The first kappa shape index (κ1) is 27.3. The lowest BCUT2D eigenvalue weighted by Gasteiger charge is -2.09.